The van der Waals surface area contributed by atoms with Gasteiger partial charge >= 0.3 is 0 Å². The number of halogens is 1. The van der Waals surface area contributed by atoms with E-state index >= 15 is 0 Å². The molecular weight excluding hydrogens is 282 g/mol. The Balaban J connectivity index is 2.98. The van der Waals surface area contributed by atoms with Gasteiger partial charge in [-0.1, -0.05) is 23.7 Å². The number of rotatable bonds is 5. The smallest absolute Gasteiger partial charge is 0.238 e. The Labute approximate surface area is 122 Å². The molecule has 7 heteroatoms. The van der Waals surface area contributed by atoms with Crippen LogP contribution in [0.15, 0.2) is 23.4 Å². The summed E-state index contributed by atoms with van der Waals surface area (Å²) in [6.45, 7) is 3.38. The first-order chi connectivity index (χ1) is 9.38. The van der Waals surface area contributed by atoms with Gasteiger partial charge in [0.15, 0.2) is 5.84 Å². The number of methoxy groups -OCH3 is 1. The third kappa shape index (κ3) is 3.14. The number of hydrogen-bond donors (Lipinski definition) is 3. The van der Waals surface area contributed by atoms with Crippen LogP contribution in [-0.2, 0) is 4.79 Å². The van der Waals surface area contributed by atoms with Crippen molar-refractivity contribution in [3.05, 3.63) is 23.2 Å². The van der Waals surface area contributed by atoms with Crippen molar-refractivity contribution in [1.29, 1.82) is 0 Å². The molecule has 0 saturated carbocycles. The highest BCUT2D eigenvalue weighted by Crippen LogP contribution is 2.29. The number of carbonyl (C=O) groups is 1. The number of hydrogen-bond acceptors (Lipinski definition) is 4. The quantitative estimate of drug-likeness (QED) is 0.337. The van der Waals surface area contributed by atoms with Crippen molar-refractivity contribution < 1.29 is 14.7 Å². The average Bonchev–Trinajstić information content (AvgIpc) is 2.45. The molecule has 0 aliphatic heterocycles. The predicted octanol–water partition coefficient (Wildman–Crippen LogP) is 2.45. The predicted molar refractivity (Wildman–Crippen MR) is 78.4 cm³/mol. The van der Waals surface area contributed by atoms with Crippen LogP contribution in [0, 0.1) is 5.41 Å². The first-order valence-electron chi connectivity index (χ1n) is 6.02. The number of oxime groups is 1. The lowest BCUT2D eigenvalue weighted by Gasteiger charge is -2.25. The van der Waals surface area contributed by atoms with Gasteiger partial charge in [0.2, 0.25) is 5.91 Å². The molecule has 0 fully saturated rings. The van der Waals surface area contributed by atoms with Crippen LogP contribution in [0.4, 0.5) is 5.69 Å². The molecule has 1 rings (SSSR count). The number of amides is 1. The fourth-order valence-corrected chi connectivity index (χ4v) is 1.84. The molecule has 1 unspecified atom stereocenters. The number of nitrogens with zero attached hydrogens (tertiary/aromatic N) is 1. The molecule has 0 aromatic heterocycles. The SMILES string of the molecule is CCC(C)(C(=O)Nc1ccc(OC)c(Cl)c1)/C(N)=N/O. The average molecular weight is 300 g/mol. The lowest BCUT2D eigenvalue weighted by molar-refractivity contribution is -0.121. The number of amidine groups is 1. The van der Waals surface area contributed by atoms with Crippen molar-refractivity contribution in [3.63, 3.8) is 0 Å². The van der Waals surface area contributed by atoms with Gasteiger partial charge in [-0.05, 0) is 31.5 Å². The van der Waals surface area contributed by atoms with Crippen LogP contribution in [0.25, 0.3) is 0 Å². The Hall–Kier alpha value is -1.95. The van der Waals surface area contributed by atoms with Gasteiger partial charge in [-0.3, -0.25) is 4.79 Å². The van der Waals surface area contributed by atoms with E-state index in [9.17, 15) is 4.79 Å². The highest BCUT2D eigenvalue weighted by Gasteiger charge is 2.36. The Morgan fingerprint density at radius 3 is 2.70 bits per heavy atom. The molecule has 0 spiro atoms. The monoisotopic (exact) mass is 299 g/mol. The summed E-state index contributed by atoms with van der Waals surface area (Å²) in [6, 6.07) is 4.87. The second kappa shape index (κ2) is 6.47. The van der Waals surface area contributed by atoms with Gasteiger partial charge in [0, 0.05) is 5.69 Å². The van der Waals surface area contributed by atoms with Crippen molar-refractivity contribution in [2.75, 3.05) is 12.4 Å². The second-order valence-corrected chi connectivity index (χ2v) is 4.88. The van der Waals surface area contributed by atoms with Gasteiger partial charge in [-0.25, -0.2) is 0 Å². The highest BCUT2D eigenvalue weighted by molar-refractivity contribution is 6.32. The van der Waals surface area contributed by atoms with Crippen LogP contribution in [0.2, 0.25) is 5.02 Å². The molecule has 0 radical (unpaired) electrons. The van der Waals surface area contributed by atoms with Crippen LogP contribution in [-0.4, -0.2) is 24.1 Å². The van der Waals surface area contributed by atoms with Gasteiger partial charge in [0.1, 0.15) is 11.2 Å². The molecule has 110 valence electrons. The molecule has 1 amide bonds. The third-order valence-corrected chi connectivity index (χ3v) is 3.59. The Morgan fingerprint density at radius 1 is 1.60 bits per heavy atom. The first-order valence-corrected chi connectivity index (χ1v) is 6.39. The van der Waals surface area contributed by atoms with Crippen LogP contribution >= 0.6 is 11.6 Å². The minimum atomic E-state index is -1.10. The number of benzene rings is 1. The number of carbonyl (C=O) groups excluding carboxylic acids is 1. The molecule has 0 heterocycles. The zero-order valence-electron chi connectivity index (χ0n) is 11.6. The summed E-state index contributed by atoms with van der Waals surface area (Å²) in [4.78, 5) is 12.3. The lowest BCUT2D eigenvalue weighted by atomic mass is 9.85. The molecule has 1 atom stereocenters. The number of nitrogens with two attached hydrogens (primary N) is 1. The maximum absolute atomic E-state index is 12.3. The second-order valence-electron chi connectivity index (χ2n) is 4.47. The molecule has 6 nitrogen and oxygen atoms in total. The van der Waals surface area contributed by atoms with E-state index in [0.717, 1.165) is 0 Å². The summed E-state index contributed by atoms with van der Waals surface area (Å²) in [5, 5.41) is 14.8. The van der Waals surface area contributed by atoms with Crippen LogP contribution in [0.1, 0.15) is 20.3 Å². The van der Waals surface area contributed by atoms with Crippen LogP contribution < -0.4 is 15.8 Å². The van der Waals surface area contributed by atoms with E-state index in [2.05, 4.69) is 10.5 Å². The molecule has 0 bridgehead atoms. The molecule has 1 aromatic carbocycles. The van der Waals surface area contributed by atoms with E-state index in [4.69, 9.17) is 27.3 Å². The van der Waals surface area contributed by atoms with Crippen molar-refractivity contribution in [2.24, 2.45) is 16.3 Å². The van der Waals surface area contributed by atoms with E-state index in [-0.39, 0.29) is 11.7 Å². The standard InChI is InChI=1S/C13H18ClN3O3/c1-4-13(2,11(15)17-19)12(18)16-8-5-6-10(20-3)9(14)7-8/h5-7,19H,4H2,1-3H3,(H2,15,17)(H,16,18). The molecule has 0 aliphatic carbocycles. The minimum Gasteiger partial charge on any atom is -0.495 e. The van der Waals surface area contributed by atoms with E-state index < -0.39 is 5.41 Å². The Morgan fingerprint density at radius 2 is 2.25 bits per heavy atom. The van der Waals surface area contributed by atoms with Crippen molar-refractivity contribution in [1.82, 2.24) is 0 Å². The van der Waals surface area contributed by atoms with Crippen molar-refractivity contribution in [2.45, 2.75) is 20.3 Å². The van der Waals surface area contributed by atoms with E-state index in [1.807, 2.05) is 0 Å². The molecule has 0 saturated heterocycles. The zero-order valence-corrected chi connectivity index (χ0v) is 12.4. The van der Waals surface area contributed by atoms with Gasteiger partial charge in [0.05, 0.1) is 12.1 Å². The molecule has 20 heavy (non-hydrogen) atoms. The van der Waals surface area contributed by atoms with E-state index in [1.165, 1.54) is 7.11 Å². The zero-order chi connectivity index (χ0) is 15.3. The number of ether oxygens (including phenoxy) is 1. The first kappa shape index (κ1) is 16.1. The normalized spacial score (nSPS) is 14.5. The van der Waals surface area contributed by atoms with Gasteiger partial charge < -0.3 is 21.0 Å². The fourth-order valence-electron chi connectivity index (χ4n) is 1.58. The maximum atomic E-state index is 12.3. The minimum absolute atomic E-state index is 0.142. The number of anilines is 1. The van der Waals surface area contributed by atoms with Crippen LogP contribution in [0.5, 0.6) is 5.75 Å². The lowest BCUT2D eigenvalue weighted by Crippen LogP contribution is -2.44. The Kier molecular flexibility index (Phi) is 5.21. The van der Waals surface area contributed by atoms with Crippen molar-refractivity contribution >= 4 is 29.0 Å². The van der Waals surface area contributed by atoms with Gasteiger partial charge in [0.25, 0.3) is 0 Å². The number of nitrogens with one attached hydrogen (secondary N) is 1. The molecule has 0 aliphatic rings. The van der Waals surface area contributed by atoms with E-state index in [0.29, 0.717) is 22.9 Å². The largest absolute Gasteiger partial charge is 0.495 e. The van der Waals surface area contributed by atoms with E-state index in [1.54, 1.807) is 32.0 Å². The summed E-state index contributed by atoms with van der Waals surface area (Å²) in [5.41, 5.74) is 4.99. The summed E-state index contributed by atoms with van der Waals surface area (Å²) in [5.74, 6) is -0.00649. The summed E-state index contributed by atoms with van der Waals surface area (Å²) in [6.07, 6.45) is 0.388. The molecule has 4 N–H and O–H groups in total. The maximum Gasteiger partial charge on any atom is 0.238 e. The van der Waals surface area contributed by atoms with Crippen molar-refractivity contribution in [3.8, 4) is 5.75 Å². The third-order valence-electron chi connectivity index (χ3n) is 3.29. The van der Waals surface area contributed by atoms with Gasteiger partial charge in [-0.15, -0.1) is 0 Å². The Bertz CT molecular complexity index is 534. The summed E-state index contributed by atoms with van der Waals surface area (Å²) < 4.78 is 5.03. The van der Waals surface area contributed by atoms with Gasteiger partial charge in [-0.2, -0.15) is 0 Å². The topological polar surface area (TPSA) is 96.9 Å². The fraction of sp³-hybridized carbons (Fsp3) is 0.385. The molecular formula is C13H18ClN3O3. The molecule has 1 aromatic rings. The van der Waals surface area contributed by atoms with Crippen LogP contribution in [0.3, 0.4) is 0 Å². The highest BCUT2D eigenvalue weighted by atomic mass is 35.5. The summed E-state index contributed by atoms with van der Waals surface area (Å²) in [7, 11) is 1.51. The summed E-state index contributed by atoms with van der Waals surface area (Å²) >= 11 is 5.99.